The summed E-state index contributed by atoms with van der Waals surface area (Å²) in [7, 11) is -3.80. The van der Waals surface area contributed by atoms with Gasteiger partial charge in [-0.1, -0.05) is 36.4 Å². The predicted octanol–water partition coefficient (Wildman–Crippen LogP) is 2.96. The Morgan fingerprint density at radius 2 is 1.77 bits per heavy atom. The van der Waals surface area contributed by atoms with E-state index in [1.165, 1.54) is 31.3 Å². The predicted molar refractivity (Wildman–Crippen MR) is 148 cm³/mol. The number of hydrogen-bond acceptors (Lipinski definition) is 7. The van der Waals surface area contributed by atoms with Crippen LogP contribution in [-0.4, -0.2) is 57.4 Å². The molecule has 0 bridgehead atoms. The second-order valence-corrected chi connectivity index (χ2v) is 13.5. The molecule has 0 aliphatic heterocycles. The molecule has 2 unspecified atom stereocenters. The maximum absolute atomic E-state index is 12.9. The van der Waals surface area contributed by atoms with Gasteiger partial charge in [-0.2, -0.15) is 0 Å². The Balaban J connectivity index is 1.47. The molecule has 9 nitrogen and oxygen atoms in total. The van der Waals surface area contributed by atoms with Crippen molar-refractivity contribution in [1.29, 1.82) is 0 Å². The van der Waals surface area contributed by atoms with Crippen molar-refractivity contribution in [1.82, 2.24) is 9.88 Å². The van der Waals surface area contributed by atoms with Crippen LogP contribution in [0.2, 0.25) is 0 Å². The number of aliphatic hydroxyl groups is 2. The third-order valence-electron chi connectivity index (χ3n) is 7.64. The average Bonchev–Trinajstić information content (AvgIpc) is 2.85. The van der Waals surface area contributed by atoms with Gasteiger partial charge in [-0.3, -0.25) is 14.2 Å². The van der Waals surface area contributed by atoms with Crippen molar-refractivity contribution in [3.63, 3.8) is 0 Å². The molecular formula is C29H34N2O7S. The Morgan fingerprint density at radius 3 is 2.33 bits per heavy atom. The van der Waals surface area contributed by atoms with Crippen molar-refractivity contribution in [2.45, 2.75) is 55.6 Å². The number of phenolic OH excluding ortho intramolecular Hbond substituents is 1. The van der Waals surface area contributed by atoms with Crippen molar-refractivity contribution >= 4 is 15.7 Å². The van der Waals surface area contributed by atoms with Crippen molar-refractivity contribution in [3.05, 3.63) is 88.3 Å². The lowest BCUT2D eigenvalue weighted by atomic mass is 9.69. The number of para-hydroxylation sites is 1. The van der Waals surface area contributed by atoms with E-state index >= 15 is 0 Å². The van der Waals surface area contributed by atoms with E-state index in [9.17, 15) is 33.3 Å². The van der Waals surface area contributed by atoms with Gasteiger partial charge in [-0.15, -0.1) is 0 Å². The summed E-state index contributed by atoms with van der Waals surface area (Å²) in [5.74, 6) is -0.592. The largest absolute Gasteiger partial charge is 0.507 e. The maximum atomic E-state index is 12.9. The summed E-state index contributed by atoms with van der Waals surface area (Å²) in [6, 6.07) is 16.7. The summed E-state index contributed by atoms with van der Waals surface area (Å²) < 4.78 is 24.8. The Labute approximate surface area is 227 Å². The number of nitrogens with zero attached hydrogens (tertiary/aromatic N) is 1. The Morgan fingerprint density at radius 1 is 1.13 bits per heavy atom. The molecule has 1 fully saturated rings. The molecule has 1 aliphatic carbocycles. The fraction of sp³-hybridized carbons (Fsp3) is 0.379. The van der Waals surface area contributed by atoms with Gasteiger partial charge < -0.3 is 20.6 Å². The van der Waals surface area contributed by atoms with Crippen molar-refractivity contribution in [2.75, 3.05) is 12.8 Å². The summed E-state index contributed by atoms with van der Waals surface area (Å²) in [5.41, 5.74) is 1.47. The van der Waals surface area contributed by atoms with E-state index in [0.717, 1.165) is 21.9 Å². The van der Waals surface area contributed by atoms with Gasteiger partial charge in [0.25, 0.3) is 11.5 Å². The minimum absolute atomic E-state index is 0.00620. The van der Waals surface area contributed by atoms with Crippen molar-refractivity contribution < 1.29 is 28.5 Å². The number of aliphatic hydroxyl groups excluding tert-OH is 1. The van der Waals surface area contributed by atoms with Crippen LogP contribution in [0.25, 0.3) is 11.1 Å². The highest BCUT2D eigenvalue weighted by molar-refractivity contribution is 7.92. The van der Waals surface area contributed by atoms with Crippen LogP contribution in [0.4, 0.5) is 0 Å². The third-order valence-corrected chi connectivity index (χ3v) is 9.74. The second-order valence-electron chi connectivity index (χ2n) is 11.0. The van der Waals surface area contributed by atoms with Crippen LogP contribution in [0.3, 0.4) is 0 Å². The lowest BCUT2D eigenvalue weighted by Gasteiger charge is -2.41. The molecule has 3 aromatic rings. The van der Waals surface area contributed by atoms with E-state index in [4.69, 9.17) is 0 Å². The van der Waals surface area contributed by atoms with E-state index in [1.54, 1.807) is 18.2 Å². The van der Waals surface area contributed by atoms with Gasteiger partial charge in [0.15, 0.2) is 9.84 Å². The first kappa shape index (κ1) is 28.5. The number of amides is 1. The number of aromatic nitrogens is 1. The van der Waals surface area contributed by atoms with E-state index in [2.05, 4.69) is 5.32 Å². The number of benzene rings is 2. The number of hydrogen-bond donors (Lipinski definition) is 4. The minimum Gasteiger partial charge on any atom is -0.507 e. The smallest absolute Gasteiger partial charge is 0.255 e. The zero-order valence-corrected chi connectivity index (χ0v) is 23.0. The summed E-state index contributed by atoms with van der Waals surface area (Å²) in [6.07, 6.45) is 2.03. The topological polar surface area (TPSA) is 146 Å². The van der Waals surface area contributed by atoms with Crippen molar-refractivity contribution in [3.8, 4) is 16.9 Å². The van der Waals surface area contributed by atoms with Crippen LogP contribution < -0.4 is 10.9 Å². The lowest BCUT2D eigenvalue weighted by molar-refractivity contribution is -0.0313. The summed E-state index contributed by atoms with van der Waals surface area (Å²) in [6.45, 7) is 2.87. The van der Waals surface area contributed by atoms with E-state index in [-0.39, 0.29) is 24.3 Å². The number of sulfone groups is 1. The zero-order chi connectivity index (χ0) is 28.6. The monoisotopic (exact) mass is 554 g/mol. The molecule has 0 spiro atoms. The van der Waals surface area contributed by atoms with Gasteiger partial charge in [0, 0.05) is 31.5 Å². The van der Waals surface area contributed by atoms with Gasteiger partial charge in [0.1, 0.15) is 12.0 Å². The van der Waals surface area contributed by atoms with E-state index in [0.29, 0.717) is 24.3 Å². The first-order valence-corrected chi connectivity index (χ1v) is 14.6. The number of carbonyl (C=O) groups excluding carboxylic acids is 1. The zero-order valence-electron chi connectivity index (χ0n) is 22.2. The van der Waals surface area contributed by atoms with Crippen LogP contribution in [0.5, 0.6) is 5.75 Å². The van der Waals surface area contributed by atoms with Crippen LogP contribution in [0.15, 0.2) is 71.7 Å². The second kappa shape index (κ2) is 10.6. The third kappa shape index (κ3) is 6.24. The van der Waals surface area contributed by atoms with Gasteiger partial charge in [0.05, 0.1) is 15.9 Å². The van der Waals surface area contributed by atoms with Crippen molar-refractivity contribution in [2.24, 2.45) is 0 Å². The lowest BCUT2D eigenvalue weighted by Crippen LogP contribution is -2.48. The van der Waals surface area contributed by atoms with Crippen LogP contribution in [0, 0.1) is 0 Å². The highest BCUT2D eigenvalue weighted by Gasteiger charge is 2.40. The van der Waals surface area contributed by atoms with Crippen LogP contribution in [-0.2, 0) is 9.84 Å². The molecule has 0 saturated heterocycles. The number of nitrogens with one attached hydrogen (secondary N) is 1. The normalized spacial score (nSPS) is 21.4. The number of rotatable bonds is 9. The van der Waals surface area contributed by atoms with Crippen LogP contribution in [0.1, 0.15) is 61.2 Å². The number of pyridine rings is 1. The van der Waals surface area contributed by atoms with Gasteiger partial charge in [-0.05, 0) is 67.5 Å². The Kier molecular flexibility index (Phi) is 7.75. The SMILES string of the molecule is CC1(O)CC(c2ccc(-c3ccn(C(O)CC(C)(CNC(=O)c4ccccc4O)S(C)(=O)=O)c(=O)c3)cc2)C1. The standard InChI is InChI=1S/C29H34N2O7S/c1-28(36)15-22(16-28)20-10-8-19(9-11-20)21-12-13-31(25(33)14-21)26(34)17-29(2,39(3,37)38)18-30-27(35)23-6-4-5-7-24(23)32/h4-14,22,26,32,34,36H,15-18H2,1-3H3,(H,30,35). The maximum Gasteiger partial charge on any atom is 0.255 e. The molecule has 1 aromatic heterocycles. The fourth-order valence-corrected chi connectivity index (χ4v) is 5.75. The van der Waals surface area contributed by atoms with Gasteiger partial charge in [0.2, 0.25) is 0 Å². The first-order chi connectivity index (χ1) is 18.2. The van der Waals surface area contributed by atoms with E-state index in [1.807, 2.05) is 31.2 Å². The summed E-state index contributed by atoms with van der Waals surface area (Å²) in [5, 5.41) is 33.3. The molecule has 1 aliphatic rings. The molecule has 2 atom stereocenters. The Bertz CT molecular complexity index is 1520. The van der Waals surface area contributed by atoms with E-state index < -0.39 is 37.9 Å². The quantitative estimate of drug-likeness (QED) is 0.318. The highest BCUT2D eigenvalue weighted by atomic mass is 32.2. The van der Waals surface area contributed by atoms with Gasteiger partial charge in [-0.25, -0.2) is 8.42 Å². The Hall–Kier alpha value is -3.47. The highest BCUT2D eigenvalue weighted by Crippen LogP contribution is 2.44. The molecule has 4 rings (SSSR count). The summed E-state index contributed by atoms with van der Waals surface area (Å²) >= 11 is 0. The molecule has 10 heteroatoms. The molecule has 0 radical (unpaired) electrons. The molecular weight excluding hydrogens is 520 g/mol. The van der Waals surface area contributed by atoms with Gasteiger partial charge >= 0.3 is 0 Å². The molecule has 208 valence electrons. The average molecular weight is 555 g/mol. The number of phenols is 1. The molecule has 2 aromatic carbocycles. The molecule has 39 heavy (non-hydrogen) atoms. The summed E-state index contributed by atoms with van der Waals surface area (Å²) in [4.78, 5) is 25.4. The van der Waals surface area contributed by atoms with Crippen LogP contribution >= 0.6 is 0 Å². The number of carbonyl (C=O) groups is 1. The fourth-order valence-electron chi connectivity index (χ4n) is 4.97. The molecule has 1 saturated carbocycles. The molecule has 1 amide bonds. The number of aromatic hydroxyl groups is 1. The first-order valence-electron chi connectivity index (χ1n) is 12.7. The molecule has 4 N–H and O–H groups in total. The molecule has 1 heterocycles. The minimum atomic E-state index is -3.80.